The van der Waals surface area contributed by atoms with Crippen molar-refractivity contribution < 1.29 is 4.79 Å². The van der Waals surface area contributed by atoms with Gasteiger partial charge in [-0.25, -0.2) is 0 Å². The Hall–Kier alpha value is -2.74. The zero-order chi connectivity index (χ0) is 17.5. The maximum atomic E-state index is 12.1. The second-order valence-corrected chi connectivity index (χ2v) is 6.49. The Labute approximate surface area is 149 Å². The number of nitrogens with zero attached hydrogens (tertiary/aromatic N) is 1. The number of hydrogen-bond acceptors (Lipinski definition) is 2. The van der Waals surface area contributed by atoms with Crippen LogP contribution in [0.15, 0.2) is 73.1 Å². The predicted molar refractivity (Wildman–Crippen MR) is 103 cm³/mol. The molecule has 0 amide bonds. The number of benzene rings is 2. The molecule has 25 heavy (non-hydrogen) atoms. The molecular formula is C23H23NO. The van der Waals surface area contributed by atoms with Crippen molar-refractivity contribution in [3.05, 3.63) is 89.7 Å². The molecule has 0 saturated carbocycles. The van der Waals surface area contributed by atoms with Crippen molar-refractivity contribution in [3.8, 4) is 11.1 Å². The molecule has 0 unspecified atom stereocenters. The standard InChI is InChI=1S/C23H23NO/c1-18-7-9-20(10-8-18)16-23(25)6-2-4-19-11-13-21(14-12-19)22-5-3-15-24-17-22/h3,5,7-15,17H,2,4,6,16H2,1H3. The van der Waals surface area contributed by atoms with Crippen LogP contribution in [-0.2, 0) is 17.6 Å². The molecule has 3 aromatic rings. The highest BCUT2D eigenvalue weighted by Crippen LogP contribution is 2.19. The van der Waals surface area contributed by atoms with Crippen molar-refractivity contribution in [1.82, 2.24) is 4.98 Å². The third-order valence-corrected chi connectivity index (χ3v) is 4.39. The number of hydrogen-bond donors (Lipinski definition) is 0. The molecular weight excluding hydrogens is 306 g/mol. The van der Waals surface area contributed by atoms with E-state index in [0.717, 1.165) is 24.0 Å². The van der Waals surface area contributed by atoms with E-state index in [0.29, 0.717) is 18.6 Å². The van der Waals surface area contributed by atoms with E-state index in [-0.39, 0.29) is 0 Å². The van der Waals surface area contributed by atoms with E-state index in [1.807, 2.05) is 24.4 Å². The third kappa shape index (κ3) is 5.12. The number of Topliss-reactive ketones (excluding diaryl/α,β-unsaturated/α-hetero) is 1. The first kappa shape index (κ1) is 17.1. The molecule has 0 spiro atoms. The summed E-state index contributed by atoms with van der Waals surface area (Å²) in [5, 5.41) is 0. The van der Waals surface area contributed by atoms with Gasteiger partial charge in [0.05, 0.1) is 0 Å². The predicted octanol–water partition coefficient (Wildman–Crippen LogP) is 5.19. The first-order chi connectivity index (χ1) is 12.2. The Bertz CT molecular complexity index is 805. The average Bonchev–Trinajstić information content (AvgIpc) is 2.65. The molecule has 0 saturated heterocycles. The van der Waals surface area contributed by atoms with Crippen LogP contribution in [0.25, 0.3) is 11.1 Å². The van der Waals surface area contributed by atoms with E-state index in [4.69, 9.17) is 0 Å². The summed E-state index contributed by atoms with van der Waals surface area (Å²) in [5.74, 6) is 0.316. The van der Waals surface area contributed by atoms with Crippen LogP contribution in [0, 0.1) is 6.92 Å². The fourth-order valence-electron chi connectivity index (χ4n) is 2.91. The first-order valence-electron chi connectivity index (χ1n) is 8.77. The molecule has 126 valence electrons. The van der Waals surface area contributed by atoms with Gasteiger partial charge in [0.1, 0.15) is 5.78 Å². The van der Waals surface area contributed by atoms with Gasteiger partial charge in [0.25, 0.3) is 0 Å². The maximum absolute atomic E-state index is 12.1. The second-order valence-electron chi connectivity index (χ2n) is 6.49. The smallest absolute Gasteiger partial charge is 0.137 e. The normalized spacial score (nSPS) is 10.6. The van der Waals surface area contributed by atoms with Crippen LogP contribution < -0.4 is 0 Å². The summed E-state index contributed by atoms with van der Waals surface area (Å²) in [6.45, 7) is 2.06. The number of aryl methyl sites for hydroxylation is 2. The number of ketones is 1. The Kier molecular flexibility index (Phi) is 5.73. The summed E-state index contributed by atoms with van der Waals surface area (Å²) in [7, 11) is 0. The summed E-state index contributed by atoms with van der Waals surface area (Å²) >= 11 is 0. The maximum Gasteiger partial charge on any atom is 0.137 e. The summed E-state index contributed by atoms with van der Waals surface area (Å²) in [6.07, 6.45) is 6.67. The molecule has 0 aliphatic rings. The van der Waals surface area contributed by atoms with E-state index in [2.05, 4.69) is 54.4 Å². The number of carbonyl (C=O) groups is 1. The van der Waals surface area contributed by atoms with E-state index in [1.165, 1.54) is 16.7 Å². The van der Waals surface area contributed by atoms with E-state index >= 15 is 0 Å². The molecule has 2 aromatic carbocycles. The molecule has 0 radical (unpaired) electrons. The Balaban J connectivity index is 1.47. The summed E-state index contributed by atoms with van der Waals surface area (Å²) in [5.41, 5.74) is 5.91. The summed E-state index contributed by atoms with van der Waals surface area (Å²) in [4.78, 5) is 16.3. The lowest BCUT2D eigenvalue weighted by Crippen LogP contribution is -2.03. The minimum atomic E-state index is 0.316. The fourth-order valence-corrected chi connectivity index (χ4v) is 2.91. The van der Waals surface area contributed by atoms with Gasteiger partial charge in [0.2, 0.25) is 0 Å². The van der Waals surface area contributed by atoms with Gasteiger partial charge in [-0.1, -0.05) is 60.2 Å². The molecule has 2 nitrogen and oxygen atoms in total. The van der Waals surface area contributed by atoms with Crippen LogP contribution >= 0.6 is 0 Å². The minimum Gasteiger partial charge on any atom is -0.299 e. The SMILES string of the molecule is Cc1ccc(CC(=O)CCCc2ccc(-c3cccnc3)cc2)cc1. The Morgan fingerprint density at radius 1 is 0.880 bits per heavy atom. The van der Waals surface area contributed by atoms with Crippen LogP contribution in [-0.4, -0.2) is 10.8 Å². The molecule has 0 atom stereocenters. The highest BCUT2D eigenvalue weighted by Gasteiger charge is 2.04. The highest BCUT2D eigenvalue weighted by atomic mass is 16.1. The molecule has 1 heterocycles. The molecule has 0 N–H and O–H groups in total. The zero-order valence-electron chi connectivity index (χ0n) is 14.6. The van der Waals surface area contributed by atoms with Crippen molar-refractivity contribution in [1.29, 1.82) is 0 Å². The lowest BCUT2D eigenvalue weighted by atomic mass is 10.00. The summed E-state index contributed by atoms with van der Waals surface area (Å²) in [6, 6.07) is 20.8. The van der Waals surface area contributed by atoms with Crippen molar-refractivity contribution in [2.75, 3.05) is 0 Å². The number of rotatable bonds is 7. The topological polar surface area (TPSA) is 30.0 Å². The molecule has 3 rings (SSSR count). The zero-order valence-corrected chi connectivity index (χ0v) is 14.6. The van der Waals surface area contributed by atoms with Crippen LogP contribution in [0.5, 0.6) is 0 Å². The van der Waals surface area contributed by atoms with Gasteiger partial charge >= 0.3 is 0 Å². The Morgan fingerprint density at radius 2 is 1.60 bits per heavy atom. The second kappa shape index (κ2) is 8.39. The molecule has 1 aromatic heterocycles. The average molecular weight is 329 g/mol. The lowest BCUT2D eigenvalue weighted by Gasteiger charge is -2.05. The number of pyridine rings is 1. The van der Waals surface area contributed by atoms with Gasteiger partial charge in [0, 0.05) is 25.2 Å². The molecule has 0 aliphatic carbocycles. The number of carbonyl (C=O) groups excluding carboxylic acids is 1. The van der Waals surface area contributed by atoms with Crippen LogP contribution in [0.4, 0.5) is 0 Å². The van der Waals surface area contributed by atoms with Gasteiger partial charge in [0.15, 0.2) is 0 Å². The van der Waals surface area contributed by atoms with E-state index < -0.39 is 0 Å². The van der Waals surface area contributed by atoms with Crippen molar-refractivity contribution >= 4 is 5.78 Å². The molecule has 2 heteroatoms. The van der Waals surface area contributed by atoms with Crippen LogP contribution in [0.1, 0.15) is 29.5 Å². The Morgan fingerprint density at radius 3 is 2.28 bits per heavy atom. The van der Waals surface area contributed by atoms with Gasteiger partial charge in [-0.3, -0.25) is 9.78 Å². The van der Waals surface area contributed by atoms with Crippen LogP contribution in [0.2, 0.25) is 0 Å². The van der Waals surface area contributed by atoms with Crippen LogP contribution in [0.3, 0.4) is 0 Å². The van der Waals surface area contributed by atoms with E-state index in [1.54, 1.807) is 6.20 Å². The van der Waals surface area contributed by atoms with Gasteiger partial charge in [-0.15, -0.1) is 0 Å². The third-order valence-electron chi connectivity index (χ3n) is 4.39. The van der Waals surface area contributed by atoms with Crippen molar-refractivity contribution in [2.45, 2.75) is 32.6 Å². The highest BCUT2D eigenvalue weighted by molar-refractivity contribution is 5.80. The summed E-state index contributed by atoms with van der Waals surface area (Å²) < 4.78 is 0. The molecule has 0 aliphatic heterocycles. The lowest BCUT2D eigenvalue weighted by molar-refractivity contribution is -0.118. The fraction of sp³-hybridized carbons (Fsp3) is 0.217. The van der Waals surface area contributed by atoms with Crippen molar-refractivity contribution in [2.24, 2.45) is 0 Å². The van der Waals surface area contributed by atoms with Gasteiger partial charge in [-0.05, 0) is 48.1 Å². The van der Waals surface area contributed by atoms with E-state index in [9.17, 15) is 4.79 Å². The molecule has 0 bridgehead atoms. The first-order valence-corrected chi connectivity index (χ1v) is 8.77. The van der Waals surface area contributed by atoms with Gasteiger partial charge < -0.3 is 0 Å². The van der Waals surface area contributed by atoms with Crippen molar-refractivity contribution in [3.63, 3.8) is 0 Å². The molecule has 0 fully saturated rings. The largest absolute Gasteiger partial charge is 0.299 e. The monoisotopic (exact) mass is 329 g/mol. The van der Waals surface area contributed by atoms with Gasteiger partial charge in [-0.2, -0.15) is 0 Å². The minimum absolute atomic E-state index is 0.316. The quantitative estimate of drug-likeness (QED) is 0.597. The number of aromatic nitrogens is 1.